The maximum absolute atomic E-state index is 14.9. The first-order chi connectivity index (χ1) is 18.8. The van der Waals surface area contributed by atoms with Crippen LogP contribution in [0.4, 0.5) is 14.9 Å². The molecule has 1 N–H and O–H groups in total. The summed E-state index contributed by atoms with van der Waals surface area (Å²) in [6.45, 7) is 3.27. The minimum atomic E-state index is -0.709. The smallest absolute Gasteiger partial charge is 0.411 e. The molecule has 3 heterocycles. The van der Waals surface area contributed by atoms with Crippen LogP contribution in [0.15, 0.2) is 48.9 Å². The molecule has 0 aliphatic rings. The molecule has 0 aliphatic carbocycles. The average Bonchev–Trinajstić information content (AvgIpc) is 3.34. The Balaban J connectivity index is 1.34. The Morgan fingerprint density at radius 2 is 1.95 bits per heavy atom. The van der Waals surface area contributed by atoms with Crippen LogP contribution in [0, 0.1) is 24.1 Å². The van der Waals surface area contributed by atoms with Gasteiger partial charge in [-0.15, -0.1) is 11.3 Å². The van der Waals surface area contributed by atoms with Gasteiger partial charge in [0.15, 0.2) is 11.6 Å². The molecule has 0 unspecified atom stereocenters. The molecular weight excluding hydrogens is 523 g/mol. The zero-order valence-corrected chi connectivity index (χ0v) is 21.9. The third-order valence-corrected chi connectivity index (χ3v) is 6.65. The van der Waals surface area contributed by atoms with Gasteiger partial charge in [0.1, 0.15) is 29.3 Å². The van der Waals surface area contributed by atoms with Crippen molar-refractivity contribution in [2.75, 3.05) is 19.0 Å². The second kappa shape index (κ2) is 10.8. The number of aryl methyl sites for hydroxylation is 1. The van der Waals surface area contributed by atoms with Gasteiger partial charge in [-0.1, -0.05) is 0 Å². The van der Waals surface area contributed by atoms with Crippen molar-refractivity contribution < 1.29 is 23.4 Å². The number of anilines is 1. The van der Waals surface area contributed by atoms with Crippen molar-refractivity contribution >= 4 is 44.2 Å². The largest absolute Gasteiger partial charge is 0.495 e. The van der Waals surface area contributed by atoms with Gasteiger partial charge in [-0.2, -0.15) is 5.26 Å². The molecule has 5 rings (SSSR count). The van der Waals surface area contributed by atoms with Crippen LogP contribution in [-0.2, 0) is 4.74 Å². The summed E-state index contributed by atoms with van der Waals surface area (Å²) in [5.74, 6) is 0.534. The lowest BCUT2D eigenvalue weighted by Gasteiger charge is -2.15. The Kier molecular flexibility index (Phi) is 7.16. The monoisotopic (exact) mass is 544 g/mol. The molecular formula is C27H21FN6O4S. The van der Waals surface area contributed by atoms with Gasteiger partial charge >= 0.3 is 6.09 Å². The molecule has 3 aromatic heterocycles. The number of thiazole rings is 1. The van der Waals surface area contributed by atoms with Crippen molar-refractivity contribution in [3.05, 3.63) is 66.1 Å². The number of rotatable bonds is 7. The number of carbonyl (C=O) groups is 1. The molecule has 196 valence electrons. The molecule has 0 radical (unpaired) electrons. The van der Waals surface area contributed by atoms with E-state index in [2.05, 4.69) is 31.3 Å². The Labute approximate surface area is 226 Å². The van der Waals surface area contributed by atoms with Gasteiger partial charge in [0.05, 0.1) is 58.8 Å². The summed E-state index contributed by atoms with van der Waals surface area (Å²) < 4.78 is 31.7. The van der Waals surface area contributed by atoms with E-state index in [-0.39, 0.29) is 12.4 Å². The third-order valence-electron chi connectivity index (χ3n) is 5.60. The van der Waals surface area contributed by atoms with E-state index in [0.717, 1.165) is 5.39 Å². The van der Waals surface area contributed by atoms with E-state index >= 15 is 0 Å². The fourth-order valence-electron chi connectivity index (χ4n) is 3.76. The summed E-state index contributed by atoms with van der Waals surface area (Å²) in [7, 11) is 1.54. The lowest BCUT2D eigenvalue weighted by Crippen LogP contribution is -2.24. The maximum atomic E-state index is 14.9. The third kappa shape index (κ3) is 5.68. The summed E-state index contributed by atoms with van der Waals surface area (Å²) in [6, 6.07) is 10.2. The number of nitriles is 1. The van der Waals surface area contributed by atoms with Crippen molar-refractivity contribution in [1.82, 2.24) is 19.9 Å². The highest BCUT2D eigenvalue weighted by Gasteiger charge is 2.18. The number of carbonyl (C=O) groups excluding carboxylic acids is 1. The van der Waals surface area contributed by atoms with Crippen LogP contribution in [0.1, 0.15) is 18.3 Å². The molecule has 5 aromatic rings. The predicted molar refractivity (Wildman–Crippen MR) is 143 cm³/mol. The molecule has 1 atom stereocenters. The number of methoxy groups -OCH3 is 1. The molecule has 0 saturated carbocycles. The van der Waals surface area contributed by atoms with Gasteiger partial charge in [0.25, 0.3) is 0 Å². The van der Waals surface area contributed by atoms with Gasteiger partial charge in [0.2, 0.25) is 0 Å². The first kappa shape index (κ1) is 25.7. The zero-order chi connectivity index (χ0) is 27.5. The normalized spacial score (nSPS) is 11.7. The topological polar surface area (TPSA) is 132 Å². The van der Waals surface area contributed by atoms with E-state index < -0.39 is 18.0 Å². The lowest BCUT2D eigenvalue weighted by atomic mass is 10.1. The summed E-state index contributed by atoms with van der Waals surface area (Å²) in [5, 5.41) is 13.3. The molecule has 0 bridgehead atoms. The number of fused-ring (bicyclic) bond motifs is 2. The van der Waals surface area contributed by atoms with Gasteiger partial charge in [-0.05, 0) is 32.0 Å². The first-order valence-corrected chi connectivity index (χ1v) is 12.5. The summed E-state index contributed by atoms with van der Waals surface area (Å²) >= 11 is 1.32. The number of nitrogens with zero attached hydrogens (tertiary/aromatic N) is 5. The average molecular weight is 545 g/mol. The Morgan fingerprint density at radius 3 is 2.69 bits per heavy atom. The highest BCUT2D eigenvalue weighted by Crippen LogP contribution is 2.37. The van der Waals surface area contributed by atoms with Crippen molar-refractivity contribution in [1.29, 1.82) is 5.26 Å². The number of pyridine rings is 1. The second-order valence-corrected chi connectivity index (χ2v) is 9.55. The van der Waals surface area contributed by atoms with Crippen LogP contribution in [0.25, 0.3) is 31.7 Å². The van der Waals surface area contributed by atoms with Crippen molar-refractivity contribution in [2.45, 2.75) is 20.0 Å². The Hall–Kier alpha value is -4.89. The van der Waals surface area contributed by atoms with Gasteiger partial charge in [-0.3, -0.25) is 10.3 Å². The fraction of sp³-hybridized carbons (Fsp3) is 0.185. The van der Waals surface area contributed by atoms with Crippen molar-refractivity contribution in [3.63, 3.8) is 0 Å². The number of benzene rings is 2. The van der Waals surface area contributed by atoms with Crippen LogP contribution in [0.5, 0.6) is 11.5 Å². The first-order valence-electron chi connectivity index (χ1n) is 11.7. The quantitative estimate of drug-likeness (QED) is 0.276. The molecule has 2 aromatic carbocycles. The number of nitrogens with one attached hydrogen (secondary N) is 1. The van der Waals surface area contributed by atoms with Crippen LogP contribution >= 0.6 is 11.3 Å². The molecule has 0 aliphatic heterocycles. The highest BCUT2D eigenvalue weighted by atomic mass is 32.1. The van der Waals surface area contributed by atoms with Gasteiger partial charge in [-0.25, -0.2) is 24.1 Å². The summed E-state index contributed by atoms with van der Waals surface area (Å²) in [4.78, 5) is 29.1. The standard InChI is InChI=1S/C27H21FN6O4S/c1-14(13-37-27(35)33-18-10-30-15(2)31-11-18)38-23-8-24-22(7-21(23)28)34-26(39-24)20-5-16(9-29)4-17-6-19(36-3)12-32-25(17)20/h4-8,10-12,14H,13H2,1-3H3,(H,33,35)/t14-/m0/s1. The molecule has 0 fully saturated rings. The minimum absolute atomic E-state index is 0.000335. The van der Waals surface area contributed by atoms with Gasteiger partial charge in [0, 0.05) is 23.1 Å². The molecule has 0 spiro atoms. The summed E-state index contributed by atoms with van der Waals surface area (Å²) in [6.07, 6.45) is 3.17. The Morgan fingerprint density at radius 1 is 1.15 bits per heavy atom. The SMILES string of the molecule is COc1cnc2c(-c3nc4cc(F)c(O[C@@H](C)COC(=O)Nc5cnc(C)nc5)cc4s3)cc(C#N)cc2c1. The molecule has 12 heteroatoms. The second-order valence-electron chi connectivity index (χ2n) is 8.52. The van der Waals surface area contributed by atoms with Gasteiger partial charge < -0.3 is 14.2 Å². The van der Waals surface area contributed by atoms with Crippen LogP contribution in [0.2, 0.25) is 0 Å². The molecule has 10 nitrogen and oxygen atoms in total. The number of halogens is 1. The highest BCUT2D eigenvalue weighted by molar-refractivity contribution is 7.21. The molecule has 39 heavy (non-hydrogen) atoms. The van der Waals surface area contributed by atoms with Crippen LogP contribution < -0.4 is 14.8 Å². The van der Waals surface area contributed by atoms with Crippen LogP contribution in [-0.4, -0.2) is 45.8 Å². The minimum Gasteiger partial charge on any atom is -0.495 e. The van der Waals surface area contributed by atoms with E-state index in [1.54, 1.807) is 51.4 Å². The number of hydrogen-bond donors (Lipinski definition) is 1. The summed E-state index contributed by atoms with van der Waals surface area (Å²) in [5.41, 5.74) is 2.57. The van der Waals surface area contributed by atoms with E-state index in [4.69, 9.17) is 14.2 Å². The molecule has 0 saturated heterocycles. The number of aromatic nitrogens is 4. The Bertz CT molecular complexity index is 1740. The zero-order valence-electron chi connectivity index (χ0n) is 21.1. The van der Waals surface area contributed by atoms with E-state index in [9.17, 15) is 14.4 Å². The number of amides is 1. The van der Waals surface area contributed by atoms with Crippen molar-refractivity contribution in [2.24, 2.45) is 0 Å². The maximum Gasteiger partial charge on any atom is 0.411 e. The fourth-order valence-corrected chi connectivity index (χ4v) is 4.75. The van der Waals surface area contributed by atoms with E-state index in [1.807, 2.05) is 0 Å². The molecule has 1 amide bonds. The lowest BCUT2D eigenvalue weighted by molar-refractivity contribution is 0.0969. The van der Waals surface area contributed by atoms with E-state index in [1.165, 1.54) is 29.8 Å². The van der Waals surface area contributed by atoms with Crippen LogP contribution in [0.3, 0.4) is 0 Å². The van der Waals surface area contributed by atoms with E-state index in [0.29, 0.717) is 49.1 Å². The predicted octanol–water partition coefficient (Wildman–Crippen LogP) is 5.65. The van der Waals surface area contributed by atoms with Crippen molar-refractivity contribution in [3.8, 4) is 28.1 Å². The number of hydrogen-bond acceptors (Lipinski definition) is 10. The number of ether oxygens (including phenoxy) is 3.